The largest absolute Gasteiger partial charge is 0.416 e. The second-order valence-corrected chi connectivity index (χ2v) is 8.29. The summed E-state index contributed by atoms with van der Waals surface area (Å²) in [5.74, 6) is -0.613. The second kappa shape index (κ2) is 9.68. The van der Waals surface area contributed by atoms with E-state index in [2.05, 4.69) is 21.4 Å². The van der Waals surface area contributed by atoms with Crippen LogP contribution in [-0.4, -0.2) is 46.3 Å². The molecule has 1 aliphatic rings. The van der Waals surface area contributed by atoms with Crippen molar-refractivity contribution in [1.29, 1.82) is 0 Å². The van der Waals surface area contributed by atoms with E-state index >= 15 is 0 Å². The maximum atomic E-state index is 13.1. The third kappa shape index (κ3) is 5.85. The monoisotopic (exact) mass is 448 g/mol. The molecule has 0 aliphatic carbocycles. The highest BCUT2D eigenvalue weighted by molar-refractivity contribution is 5.92. The number of hydrogen-bond donors (Lipinski definition) is 1. The number of aryl methyl sites for hydroxylation is 1. The highest BCUT2D eigenvalue weighted by atomic mass is 19.4. The number of carbonyl (C=O) groups excluding carboxylic acids is 1. The summed E-state index contributed by atoms with van der Waals surface area (Å²) in [6, 6.07) is 5.73. The van der Waals surface area contributed by atoms with Gasteiger partial charge in [-0.15, -0.1) is 0 Å². The molecule has 172 valence electrons. The zero-order valence-electron chi connectivity index (χ0n) is 18.4. The molecule has 3 rings (SSSR count). The van der Waals surface area contributed by atoms with Crippen LogP contribution < -0.4 is 10.7 Å². The van der Waals surface area contributed by atoms with E-state index in [1.807, 2.05) is 13.8 Å². The molecule has 0 atom stereocenters. The lowest BCUT2D eigenvalue weighted by Gasteiger charge is -2.31. The van der Waals surface area contributed by atoms with Crippen LogP contribution in [0.1, 0.15) is 48.4 Å². The summed E-state index contributed by atoms with van der Waals surface area (Å²) < 4.78 is 40.4. The van der Waals surface area contributed by atoms with E-state index in [1.165, 1.54) is 28.5 Å². The first-order chi connectivity index (χ1) is 15.0. The molecular weight excluding hydrogens is 421 g/mol. The van der Waals surface area contributed by atoms with Gasteiger partial charge in [0.05, 0.1) is 11.3 Å². The molecule has 1 fully saturated rings. The molecule has 2 heterocycles. The van der Waals surface area contributed by atoms with Gasteiger partial charge in [0.15, 0.2) is 5.69 Å². The first kappa shape index (κ1) is 23.7. The molecule has 6 nitrogen and oxygen atoms in total. The smallest absolute Gasteiger partial charge is 0.348 e. The van der Waals surface area contributed by atoms with Crippen molar-refractivity contribution in [1.82, 2.24) is 20.0 Å². The van der Waals surface area contributed by atoms with Crippen molar-refractivity contribution in [3.05, 3.63) is 69.2 Å². The molecule has 32 heavy (non-hydrogen) atoms. The number of nitrogens with zero attached hydrogens (tertiary/aromatic N) is 3. The quantitative estimate of drug-likeness (QED) is 0.708. The number of benzene rings is 1. The number of nitrogens with one attached hydrogen (secondary N) is 1. The van der Waals surface area contributed by atoms with E-state index in [0.717, 1.165) is 44.6 Å². The minimum Gasteiger partial charge on any atom is -0.348 e. The molecule has 1 aliphatic heterocycles. The van der Waals surface area contributed by atoms with E-state index in [4.69, 9.17) is 0 Å². The first-order valence-electron chi connectivity index (χ1n) is 10.5. The fourth-order valence-electron chi connectivity index (χ4n) is 3.61. The minimum absolute atomic E-state index is 0.0880. The number of allylic oxidation sites excluding steroid dienone is 1. The maximum absolute atomic E-state index is 13.1. The lowest BCUT2D eigenvalue weighted by atomic mass is 10.0. The van der Waals surface area contributed by atoms with Crippen LogP contribution in [0.15, 0.2) is 46.8 Å². The average Bonchev–Trinajstić information content (AvgIpc) is 2.72. The van der Waals surface area contributed by atoms with Gasteiger partial charge in [-0.05, 0) is 51.8 Å². The minimum atomic E-state index is -4.51. The van der Waals surface area contributed by atoms with Gasteiger partial charge in [-0.25, -0.2) is 4.68 Å². The predicted octanol–water partition coefficient (Wildman–Crippen LogP) is 3.72. The first-order valence-corrected chi connectivity index (χ1v) is 10.5. The number of likely N-dealkylation sites (tertiary alicyclic amines) is 1. The van der Waals surface area contributed by atoms with Crippen LogP contribution in [0.3, 0.4) is 0 Å². The average molecular weight is 448 g/mol. The number of alkyl halides is 3. The Labute approximate surface area is 184 Å². The van der Waals surface area contributed by atoms with Crippen molar-refractivity contribution in [3.63, 3.8) is 0 Å². The Balaban J connectivity index is 1.76. The van der Waals surface area contributed by atoms with E-state index in [0.29, 0.717) is 5.69 Å². The number of piperidine rings is 1. The van der Waals surface area contributed by atoms with Gasteiger partial charge < -0.3 is 5.32 Å². The Morgan fingerprint density at radius 2 is 1.91 bits per heavy atom. The Bertz CT molecular complexity index is 1060. The molecule has 0 radical (unpaired) electrons. The van der Waals surface area contributed by atoms with Crippen molar-refractivity contribution in [2.45, 2.75) is 45.8 Å². The number of hydrogen-bond acceptors (Lipinski definition) is 4. The fraction of sp³-hybridized carbons (Fsp3) is 0.435. The molecule has 0 bridgehead atoms. The van der Waals surface area contributed by atoms with Gasteiger partial charge >= 0.3 is 6.18 Å². The molecular formula is C23H27F3N4O2. The highest BCUT2D eigenvalue weighted by Gasteiger charge is 2.31. The number of carbonyl (C=O) groups is 1. The van der Waals surface area contributed by atoms with Crippen LogP contribution in [-0.2, 0) is 6.18 Å². The van der Waals surface area contributed by atoms with Crippen LogP contribution in [0.25, 0.3) is 5.69 Å². The molecule has 1 aromatic heterocycles. The molecule has 2 aromatic rings. The van der Waals surface area contributed by atoms with E-state index in [9.17, 15) is 22.8 Å². The summed E-state index contributed by atoms with van der Waals surface area (Å²) in [7, 11) is 0. The number of amides is 1. The van der Waals surface area contributed by atoms with Crippen molar-refractivity contribution >= 4 is 5.91 Å². The third-order valence-electron chi connectivity index (χ3n) is 5.42. The number of rotatable bonds is 5. The molecule has 1 aromatic carbocycles. The summed E-state index contributed by atoms with van der Waals surface area (Å²) in [5.41, 5.74) is -0.0229. The lowest BCUT2D eigenvalue weighted by Crippen LogP contribution is -2.46. The fourth-order valence-corrected chi connectivity index (χ4v) is 3.61. The Kier molecular flexibility index (Phi) is 7.18. The molecule has 0 saturated carbocycles. The van der Waals surface area contributed by atoms with Gasteiger partial charge in [-0.2, -0.15) is 18.3 Å². The zero-order chi connectivity index (χ0) is 23.5. The molecule has 0 spiro atoms. The Morgan fingerprint density at radius 3 is 2.53 bits per heavy atom. The Morgan fingerprint density at radius 1 is 1.22 bits per heavy atom. The Hall–Kier alpha value is -2.94. The normalized spacial score (nSPS) is 15.4. The molecule has 1 N–H and O–H groups in total. The standard InChI is InChI=1S/C23H27F3N4O2/c1-15(2)7-10-29-11-8-18(9-12-29)27-22(32)21-20(31)13-16(3)30(28-21)19-6-4-5-17(14-19)23(24,25)26/h4-7,13-14,18H,8-12H2,1-3H3,(H,27,32). The van der Waals surface area contributed by atoms with Gasteiger partial charge in [0.1, 0.15) is 0 Å². The van der Waals surface area contributed by atoms with E-state index in [1.54, 1.807) is 6.92 Å². The summed E-state index contributed by atoms with van der Waals surface area (Å²) in [6.07, 6.45) is -0.860. The van der Waals surface area contributed by atoms with Crippen molar-refractivity contribution < 1.29 is 18.0 Å². The molecule has 0 unspecified atom stereocenters. The van der Waals surface area contributed by atoms with Crippen LogP contribution in [0.4, 0.5) is 13.2 Å². The predicted molar refractivity (Wildman–Crippen MR) is 116 cm³/mol. The van der Waals surface area contributed by atoms with Crippen LogP contribution in [0.2, 0.25) is 0 Å². The van der Waals surface area contributed by atoms with E-state index < -0.39 is 23.1 Å². The van der Waals surface area contributed by atoms with Gasteiger partial charge in [-0.3, -0.25) is 14.5 Å². The summed E-state index contributed by atoms with van der Waals surface area (Å²) in [6.45, 7) is 8.17. The van der Waals surface area contributed by atoms with Crippen molar-refractivity contribution in [2.24, 2.45) is 0 Å². The highest BCUT2D eigenvalue weighted by Crippen LogP contribution is 2.30. The van der Waals surface area contributed by atoms with Crippen molar-refractivity contribution in [3.8, 4) is 5.69 Å². The second-order valence-electron chi connectivity index (χ2n) is 8.29. The van der Waals surface area contributed by atoms with E-state index in [-0.39, 0.29) is 17.4 Å². The lowest BCUT2D eigenvalue weighted by molar-refractivity contribution is -0.137. The summed E-state index contributed by atoms with van der Waals surface area (Å²) >= 11 is 0. The summed E-state index contributed by atoms with van der Waals surface area (Å²) in [4.78, 5) is 27.5. The van der Waals surface area contributed by atoms with Gasteiger partial charge in [0, 0.05) is 37.4 Å². The third-order valence-corrected chi connectivity index (χ3v) is 5.42. The van der Waals surface area contributed by atoms with Gasteiger partial charge in [-0.1, -0.05) is 17.7 Å². The van der Waals surface area contributed by atoms with Gasteiger partial charge in [0.2, 0.25) is 5.43 Å². The topological polar surface area (TPSA) is 67.2 Å². The van der Waals surface area contributed by atoms with Crippen LogP contribution in [0, 0.1) is 6.92 Å². The molecule has 1 amide bonds. The van der Waals surface area contributed by atoms with Gasteiger partial charge in [0.25, 0.3) is 5.91 Å². The summed E-state index contributed by atoms with van der Waals surface area (Å²) in [5, 5.41) is 6.96. The number of aromatic nitrogens is 2. The number of halogens is 3. The molecule has 9 heteroatoms. The maximum Gasteiger partial charge on any atom is 0.416 e. The zero-order valence-corrected chi connectivity index (χ0v) is 18.4. The van der Waals surface area contributed by atoms with Crippen LogP contribution in [0.5, 0.6) is 0 Å². The van der Waals surface area contributed by atoms with Crippen LogP contribution >= 0.6 is 0 Å². The van der Waals surface area contributed by atoms with Crippen molar-refractivity contribution in [2.75, 3.05) is 19.6 Å². The molecule has 1 saturated heterocycles. The SMILES string of the molecule is CC(C)=CCN1CCC(NC(=O)c2nn(-c3cccc(C(F)(F)F)c3)c(C)cc2=O)CC1.